The molecule has 51 heavy (non-hydrogen) atoms. The quantitative estimate of drug-likeness (QED) is 0.147. The normalized spacial score (nSPS) is 37.9. The van der Waals surface area contributed by atoms with Gasteiger partial charge in [0, 0.05) is 49.5 Å². The van der Waals surface area contributed by atoms with Crippen LogP contribution >= 0.6 is 0 Å². The van der Waals surface area contributed by atoms with Crippen molar-refractivity contribution >= 4 is 0 Å². The number of ether oxygens (including phenoxy) is 7. The first kappa shape index (κ1) is 38.9. The fourth-order valence-corrected chi connectivity index (χ4v) is 8.59. The highest BCUT2D eigenvalue weighted by molar-refractivity contribution is 5.54. The van der Waals surface area contributed by atoms with E-state index in [2.05, 4.69) is 45.9 Å². The van der Waals surface area contributed by atoms with Gasteiger partial charge in [0.05, 0.1) is 50.3 Å². The maximum Gasteiger partial charge on any atom is 0.202 e. The molecule has 0 spiro atoms. The number of hydrogen-bond donors (Lipinski definition) is 5. The zero-order valence-corrected chi connectivity index (χ0v) is 30.7. The molecule has 12 nitrogen and oxygen atoms in total. The third kappa shape index (κ3) is 9.28. The van der Waals surface area contributed by atoms with Crippen molar-refractivity contribution in [2.45, 2.75) is 171 Å². The van der Waals surface area contributed by atoms with E-state index in [4.69, 9.17) is 33.2 Å². The fraction of sp³-hybridized carbons (Fsp3) is 0.795. The van der Waals surface area contributed by atoms with Crippen molar-refractivity contribution in [1.29, 1.82) is 0 Å². The molecular formula is C39H60O12. The van der Waals surface area contributed by atoms with Crippen molar-refractivity contribution in [2.75, 3.05) is 19.8 Å². The smallest absolute Gasteiger partial charge is 0.202 e. The topological polar surface area (TPSA) is 166 Å². The standard InChI is InChI=1S/C39H60O12/c1-5-6-7-8-23-12-30(37-28-11-22(2)9-10-29(28)39(3,4)51-31(37)13-23)48-36-18-32(38(44)33(21-42)50-36)49-35-17-25(16-27(20-41)47-35)45-34-15-24(43)14-26(19-40)46-34/h11-13,24-29,32-36,38,40-44H,5-10,14-21H2,1-4H3/t24-,25-,26-,27-,28+,29+,32+,33+,34+,35-,36+,38-/m0/s1. The summed E-state index contributed by atoms with van der Waals surface area (Å²) in [4.78, 5) is 0. The maximum absolute atomic E-state index is 11.3. The predicted octanol–water partition coefficient (Wildman–Crippen LogP) is 4.00. The summed E-state index contributed by atoms with van der Waals surface area (Å²) in [5.74, 6) is 1.89. The molecule has 0 unspecified atom stereocenters. The third-order valence-electron chi connectivity index (χ3n) is 11.3. The van der Waals surface area contributed by atoms with E-state index in [-0.39, 0.29) is 49.9 Å². The first-order chi connectivity index (χ1) is 24.5. The van der Waals surface area contributed by atoms with Gasteiger partial charge in [0.2, 0.25) is 6.29 Å². The Morgan fingerprint density at radius 3 is 2.31 bits per heavy atom. The molecule has 1 aliphatic carbocycles. The molecule has 12 heteroatoms. The van der Waals surface area contributed by atoms with Crippen molar-refractivity contribution < 1.29 is 58.7 Å². The van der Waals surface area contributed by atoms with Gasteiger partial charge in [-0.15, -0.1) is 0 Å². The summed E-state index contributed by atoms with van der Waals surface area (Å²) >= 11 is 0. The minimum atomic E-state index is -1.17. The van der Waals surface area contributed by atoms with Gasteiger partial charge in [0.15, 0.2) is 12.6 Å². The van der Waals surface area contributed by atoms with Gasteiger partial charge in [-0.1, -0.05) is 31.4 Å². The SMILES string of the molecule is CCCCCc1cc(O[C@H]2C[C@@H](O[C@H]3C[C@@H](O[C@H]4C[C@@H](O)C[C@@H](CO)O4)C[C@@H](CO)O3)[C@H](O)[C@@H](CO)O2)c2c(c1)OC(C)(C)[C@@H]1CCC(C)=C[C@@H]21. The van der Waals surface area contributed by atoms with Gasteiger partial charge in [0.25, 0.3) is 0 Å². The summed E-state index contributed by atoms with van der Waals surface area (Å²) < 4.78 is 44.1. The molecule has 1 aromatic carbocycles. The molecule has 6 rings (SSSR count). The van der Waals surface area contributed by atoms with Crippen LogP contribution in [0.3, 0.4) is 0 Å². The number of aryl methyl sites for hydroxylation is 1. The summed E-state index contributed by atoms with van der Waals surface area (Å²) in [7, 11) is 0. The van der Waals surface area contributed by atoms with Gasteiger partial charge in [0.1, 0.15) is 29.3 Å². The average molecular weight is 721 g/mol. The summed E-state index contributed by atoms with van der Waals surface area (Å²) in [6.07, 6.45) is 2.45. The van der Waals surface area contributed by atoms with Crippen molar-refractivity contribution in [3.8, 4) is 11.5 Å². The van der Waals surface area contributed by atoms with E-state index in [1.807, 2.05) is 0 Å². The molecule has 0 amide bonds. The average Bonchev–Trinajstić information content (AvgIpc) is 3.08. The van der Waals surface area contributed by atoms with E-state index in [9.17, 15) is 25.5 Å². The van der Waals surface area contributed by atoms with E-state index in [1.165, 1.54) is 5.57 Å². The molecule has 0 saturated carbocycles. The van der Waals surface area contributed by atoms with E-state index in [1.54, 1.807) is 0 Å². The van der Waals surface area contributed by atoms with Crippen LogP contribution in [-0.2, 0) is 30.1 Å². The highest BCUT2D eigenvalue weighted by Gasteiger charge is 2.47. The largest absolute Gasteiger partial charge is 0.487 e. The number of allylic oxidation sites excluding steroid dienone is 2. The van der Waals surface area contributed by atoms with Crippen LogP contribution in [0.25, 0.3) is 0 Å². The number of aliphatic hydroxyl groups excluding tert-OH is 5. The molecule has 4 aliphatic heterocycles. The highest BCUT2D eigenvalue weighted by atomic mass is 16.7. The molecule has 5 aliphatic rings. The van der Waals surface area contributed by atoms with Gasteiger partial charge in [-0.25, -0.2) is 0 Å². The van der Waals surface area contributed by atoms with Crippen LogP contribution < -0.4 is 9.47 Å². The van der Waals surface area contributed by atoms with E-state index in [0.717, 1.165) is 55.4 Å². The van der Waals surface area contributed by atoms with Gasteiger partial charge in [-0.3, -0.25) is 0 Å². The summed E-state index contributed by atoms with van der Waals surface area (Å²) in [5, 5.41) is 51.4. The Balaban J connectivity index is 1.21. The first-order valence-electron chi connectivity index (χ1n) is 19.2. The van der Waals surface area contributed by atoms with Gasteiger partial charge >= 0.3 is 0 Å². The van der Waals surface area contributed by atoms with Gasteiger partial charge < -0.3 is 58.7 Å². The Morgan fingerprint density at radius 2 is 1.59 bits per heavy atom. The van der Waals surface area contributed by atoms with E-state index >= 15 is 0 Å². The van der Waals surface area contributed by atoms with Gasteiger partial charge in [-0.2, -0.15) is 0 Å². The van der Waals surface area contributed by atoms with E-state index in [0.29, 0.717) is 18.6 Å². The molecule has 1 aromatic rings. The number of unbranched alkanes of at least 4 members (excludes halogenated alkanes) is 2. The number of rotatable bonds is 13. The van der Waals surface area contributed by atoms with Crippen molar-refractivity contribution in [2.24, 2.45) is 5.92 Å². The Bertz CT molecular complexity index is 1320. The molecule has 0 aromatic heterocycles. The van der Waals surface area contributed by atoms with Crippen LogP contribution in [-0.4, -0.2) is 113 Å². The lowest BCUT2D eigenvalue weighted by Crippen LogP contribution is -2.54. The minimum absolute atomic E-state index is 0.108. The fourth-order valence-electron chi connectivity index (χ4n) is 8.59. The second-order valence-electron chi connectivity index (χ2n) is 15.8. The first-order valence-corrected chi connectivity index (χ1v) is 19.2. The molecule has 12 atom stereocenters. The molecule has 3 fully saturated rings. The Labute approximate surface area is 302 Å². The number of hydrogen-bond acceptors (Lipinski definition) is 12. The maximum atomic E-state index is 11.3. The van der Waals surface area contributed by atoms with Crippen molar-refractivity contribution in [3.05, 3.63) is 34.9 Å². The highest BCUT2D eigenvalue weighted by Crippen LogP contribution is 2.54. The number of aliphatic hydroxyl groups is 5. The van der Waals surface area contributed by atoms with Crippen LogP contribution in [0.4, 0.5) is 0 Å². The molecule has 0 radical (unpaired) electrons. The van der Waals surface area contributed by atoms with Crippen LogP contribution in [0.1, 0.15) is 109 Å². The van der Waals surface area contributed by atoms with Crippen molar-refractivity contribution in [1.82, 2.24) is 0 Å². The monoisotopic (exact) mass is 720 g/mol. The van der Waals surface area contributed by atoms with Crippen LogP contribution in [0.2, 0.25) is 0 Å². The summed E-state index contributed by atoms with van der Waals surface area (Å²) in [6, 6.07) is 4.27. The van der Waals surface area contributed by atoms with Crippen LogP contribution in [0, 0.1) is 5.92 Å². The van der Waals surface area contributed by atoms with E-state index < -0.39 is 68.2 Å². The molecule has 5 N–H and O–H groups in total. The Kier molecular flexibility index (Phi) is 13.0. The van der Waals surface area contributed by atoms with Crippen LogP contribution in [0.5, 0.6) is 11.5 Å². The summed E-state index contributed by atoms with van der Waals surface area (Å²) in [5.41, 5.74) is 3.13. The molecule has 4 heterocycles. The lowest BCUT2D eigenvalue weighted by molar-refractivity contribution is -0.308. The Hall–Kier alpha value is -1.84. The lowest BCUT2D eigenvalue weighted by Gasteiger charge is -2.47. The summed E-state index contributed by atoms with van der Waals surface area (Å²) in [6.45, 7) is 7.79. The zero-order chi connectivity index (χ0) is 36.3. The molecule has 288 valence electrons. The zero-order valence-electron chi connectivity index (χ0n) is 30.7. The molecular weight excluding hydrogens is 660 g/mol. The minimum Gasteiger partial charge on any atom is -0.487 e. The Morgan fingerprint density at radius 1 is 0.843 bits per heavy atom. The second-order valence-corrected chi connectivity index (χ2v) is 15.8. The van der Waals surface area contributed by atoms with Crippen molar-refractivity contribution in [3.63, 3.8) is 0 Å². The predicted molar refractivity (Wildman–Crippen MR) is 186 cm³/mol. The second kappa shape index (κ2) is 17.1. The van der Waals surface area contributed by atoms with Crippen LogP contribution in [0.15, 0.2) is 23.8 Å². The van der Waals surface area contributed by atoms with Gasteiger partial charge in [-0.05, 0) is 64.2 Å². The number of benzene rings is 1. The third-order valence-corrected chi connectivity index (χ3v) is 11.3. The molecule has 3 saturated heterocycles. The molecule has 0 bridgehead atoms. The number of fused-ring (bicyclic) bond motifs is 3. The lowest BCUT2D eigenvalue weighted by atomic mass is 9.68.